The number of carboxylic acids is 1. The summed E-state index contributed by atoms with van der Waals surface area (Å²) in [6.07, 6.45) is 2.03. The first-order valence-corrected chi connectivity index (χ1v) is 6.52. The summed E-state index contributed by atoms with van der Waals surface area (Å²) in [5, 5.41) is 13.9. The zero-order valence-electron chi connectivity index (χ0n) is 11.7. The van der Waals surface area contributed by atoms with E-state index in [1.807, 2.05) is 13.8 Å². The van der Waals surface area contributed by atoms with Gasteiger partial charge in [-0.1, -0.05) is 0 Å². The van der Waals surface area contributed by atoms with E-state index in [0.717, 1.165) is 12.8 Å². The molecule has 0 radical (unpaired) electrons. The lowest BCUT2D eigenvalue weighted by atomic mass is 9.99. The molecule has 114 valence electrons. The van der Waals surface area contributed by atoms with Gasteiger partial charge in [-0.15, -0.1) is 0 Å². The number of carboxylic acid groups (broad SMARTS) is 1. The third-order valence-corrected chi connectivity index (χ3v) is 3.57. The molecule has 0 spiro atoms. The molecule has 2 rings (SSSR count). The highest BCUT2D eigenvalue weighted by molar-refractivity contribution is 6.00. The largest absolute Gasteiger partial charge is 0.478 e. The molecule has 0 saturated heterocycles. The Hall–Kier alpha value is -2.18. The number of urea groups is 1. The molecule has 0 unspecified atom stereocenters. The van der Waals surface area contributed by atoms with Gasteiger partial charge in [0.05, 0.1) is 11.3 Å². The van der Waals surface area contributed by atoms with Crippen LogP contribution in [-0.2, 0) is 0 Å². The van der Waals surface area contributed by atoms with Crippen LogP contribution in [0.1, 0.15) is 37.0 Å². The number of anilines is 1. The van der Waals surface area contributed by atoms with E-state index < -0.39 is 34.7 Å². The van der Waals surface area contributed by atoms with Crippen molar-refractivity contribution in [3.63, 3.8) is 0 Å². The van der Waals surface area contributed by atoms with E-state index in [1.54, 1.807) is 0 Å². The van der Waals surface area contributed by atoms with Crippen molar-refractivity contribution in [1.29, 1.82) is 0 Å². The second-order valence-corrected chi connectivity index (χ2v) is 5.69. The first kappa shape index (κ1) is 15.2. The molecule has 0 heterocycles. The van der Waals surface area contributed by atoms with Gasteiger partial charge < -0.3 is 15.7 Å². The van der Waals surface area contributed by atoms with Crippen molar-refractivity contribution in [2.24, 2.45) is 5.92 Å². The minimum absolute atomic E-state index is 0.287. The summed E-state index contributed by atoms with van der Waals surface area (Å²) in [4.78, 5) is 22.9. The lowest BCUT2D eigenvalue weighted by Crippen LogP contribution is -2.47. The zero-order valence-corrected chi connectivity index (χ0v) is 11.7. The molecular weight excluding hydrogens is 282 g/mol. The summed E-state index contributed by atoms with van der Waals surface area (Å²) in [5.74, 6) is -3.59. The van der Waals surface area contributed by atoms with E-state index in [0.29, 0.717) is 18.1 Å². The fourth-order valence-corrected chi connectivity index (χ4v) is 2.18. The number of hydrogen-bond donors (Lipinski definition) is 3. The summed E-state index contributed by atoms with van der Waals surface area (Å²) in [5.41, 5.74) is -1.23. The summed E-state index contributed by atoms with van der Waals surface area (Å²) in [7, 11) is 0. The SMILES string of the molecule is CC(C)(NC(=O)Nc1cc(F)c(F)cc1C(=O)O)C1CC1. The second-order valence-electron chi connectivity index (χ2n) is 5.69. The lowest BCUT2D eigenvalue weighted by molar-refractivity contribution is 0.0697. The molecular formula is C14H16F2N2O3. The van der Waals surface area contributed by atoms with Gasteiger partial charge in [-0.2, -0.15) is 0 Å². The van der Waals surface area contributed by atoms with Crippen molar-refractivity contribution in [2.45, 2.75) is 32.2 Å². The van der Waals surface area contributed by atoms with Crippen LogP contribution in [0.4, 0.5) is 19.3 Å². The van der Waals surface area contributed by atoms with E-state index in [-0.39, 0.29) is 5.69 Å². The van der Waals surface area contributed by atoms with Crippen LogP contribution in [0.2, 0.25) is 0 Å². The first-order chi connectivity index (χ1) is 9.70. The number of aromatic carboxylic acids is 1. The topological polar surface area (TPSA) is 78.4 Å². The maximum atomic E-state index is 13.2. The molecule has 1 aliphatic rings. The van der Waals surface area contributed by atoms with Gasteiger partial charge in [0.2, 0.25) is 0 Å². The molecule has 0 atom stereocenters. The molecule has 0 bridgehead atoms. The monoisotopic (exact) mass is 298 g/mol. The smallest absolute Gasteiger partial charge is 0.337 e. The Kier molecular flexibility index (Phi) is 3.85. The Morgan fingerprint density at radius 2 is 1.81 bits per heavy atom. The molecule has 21 heavy (non-hydrogen) atoms. The van der Waals surface area contributed by atoms with E-state index in [4.69, 9.17) is 5.11 Å². The lowest BCUT2D eigenvalue weighted by Gasteiger charge is -2.26. The maximum Gasteiger partial charge on any atom is 0.337 e. The molecule has 1 aromatic rings. The number of carbonyl (C=O) groups excluding carboxylic acids is 1. The number of halogens is 2. The Morgan fingerprint density at radius 1 is 1.24 bits per heavy atom. The standard InChI is InChI=1S/C14H16F2N2O3/c1-14(2,7-3-4-7)18-13(21)17-11-6-10(16)9(15)5-8(11)12(19)20/h5-7H,3-4H2,1-2H3,(H,19,20)(H2,17,18,21). The molecule has 0 aliphatic heterocycles. The van der Waals surface area contributed by atoms with Crippen LogP contribution in [0.3, 0.4) is 0 Å². The fourth-order valence-electron chi connectivity index (χ4n) is 2.18. The van der Waals surface area contributed by atoms with Crippen LogP contribution in [0.15, 0.2) is 12.1 Å². The molecule has 7 heteroatoms. The van der Waals surface area contributed by atoms with Crippen LogP contribution in [-0.4, -0.2) is 22.6 Å². The Balaban J connectivity index is 2.16. The van der Waals surface area contributed by atoms with Gasteiger partial charge in [-0.05, 0) is 38.7 Å². The molecule has 1 aromatic carbocycles. The number of nitrogens with one attached hydrogen (secondary N) is 2. The molecule has 2 amide bonds. The van der Waals surface area contributed by atoms with E-state index in [9.17, 15) is 18.4 Å². The van der Waals surface area contributed by atoms with Gasteiger partial charge in [0.25, 0.3) is 0 Å². The normalized spacial score (nSPS) is 14.7. The minimum Gasteiger partial charge on any atom is -0.478 e. The number of rotatable bonds is 4. The van der Waals surface area contributed by atoms with Crippen LogP contribution < -0.4 is 10.6 Å². The molecule has 3 N–H and O–H groups in total. The Bertz CT molecular complexity index is 598. The highest BCUT2D eigenvalue weighted by atomic mass is 19.2. The number of carbonyl (C=O) groups is 2. The van der Waals surface area contributed by atoms with Crippen molar-refractivity contribution in [3.05, 3.63) is 29.3 Å². The highest BCUT2D eigenvalue weighted by Crippen LogP contribution is 2.39. The predicted molar refractivity (Wildman–Crippen MR) is 72.3 cm³/mol. The van der Waals surface area contributed by atoms with Gasteiger partial charge in [-0.3, -0.25) is 0 Å². The Labute approximate surface area is 120 Å². The van der Waals surface area contributed by atoms with Crippen LogP contribution in [0.25, 0.3) is 0 Å². The van der Waals surface area contributed by atoms with Gasteiger partial charge in [0.1, 0.15) is 0 Å². The highest BCUT2D eigenvalue weighted by Gasteiger charge is 2.38. The molecule has 0 aromatic heterocycles. The average Bonchev–Trinajstić information content (AvgIpc) is 3.16. The van der Waals surface area contributed by atoms with Crippen LogP contribution in [0.5, 0.6) is 0 Å². The van der Waals surface area contributed by atoms with E-state index in [1.165, 1.54) is 0 Å². The fraction of sp³-hybridized carbons (Fsp3) is 0.429. The molecule has 1 fully saturated rings. The Morgan fingerprint density at radius 3 is 2.33 bits per heavy atom. The number of amides is 2. The summed E-state index contributed by atoms with van der Waals surface area (Å²) < 4.78 is 26.3. The summed E-state index contributed by atoms with van der Waals surface area (Å²) >= 11 is 0. The summed E-state index contributed by atoms with van der Waals surface area (Å²) in [6, 6.07) is 0.544. The van der Waals surface area contributed by atoms with Crippen molar-refractivity contribution in [3.8, 4) is 0 Å². The number of benzene rings is 1. The van der Waals surface area contributed by atoms with Crippen molar-refractivity contribution in [2.75, 3.05) is 5.32 Å². The van der Waals surface area contributed by atoms with Gasteiger partial charge in [0, 0.05) is 11.6 Å². The zero-order chi connectivity index (χ0) is 15.8. The maximum absolute atomic E-state index is 13.2. The second kappa shape index (κ2) is 5.31. The van der Waals surface area contributed by atoms with Crippen molar-refractivity contribution >= 4 is 17.7 Å². The third kappa shape index (κ3) is 3.48. The summed E-state index contributed by atoms with van der Waals surface area (Å²) in [6.45, 7) is 3.71. The first-order valence-electron chi connectivity index (χ1n) is 6.52. The quantitative estimate of drug-likeness (QED) is 0.799. The van der Waals surface area contributed by atoms with Crippen molar-refractivity contribution in [1.82, 2.24) is 5.32 Å². The van der Waals surface area contributed by atoms with Crippen molar-refractivity contribution < 1.29 is 23.5 Å². The van der Waals surface area contributed by atoms with Gasteiger partial charge in [0.15, 0.2) is 11.6 Å². The molecule has 1 saturated carbocycles. The van der Waals surface area contributed by atoms with Crippen LogP contribution in [0, 0.1) is 17.6 Å². The van der Waals surface area contributed by atoms with E-state index in [2.05, 4.69) is 10.6 Å². The predicted octanol–water partition coefficient (Wildman–Crippen LogP) is 2.97. The van der Waals surface area contributed by atoms with E-state index >= 15 is 0 Å². The van der Waals surface area contributed by atoms with Crippen LogP contribution >= 0.6 is 0 Å². The van der Waals surface area contributed by atoms with Gasteiger partial charge >= 0.3 is 12.0 Å². The molecule has 1 aliphatic carbocycles. The molecule has 5 nitrogen and oxygen atoms in total. The number of hydrogen-bond acceptors (Lipinski definition) is 2. The average molecular weight is 298 g/mol. The third-order valence-electron chi connectivity index (χ3n) is 3.57. The van der Waals surface area contributed by atoms with Gasteiger partial charge in [-0.25, -0.2) is 18.4 Å². The minimum atomic E-state index is -1.45.